The first-order chi connectivity index (χ1) is 8.69. The quantitative estimate of drug-likeness (QED) is 0.904. The zero-order valence-electron chi connectivity index (χ0n) is 10.9. The van der Waals surface area contributed by atoms with Gasteiger partial charge in [0.25, 0.3) is 0 Å². The van der Waals surface area contributed by atoms with E-state index < -0.39 is 0 Å². The fraction of sp³-hybridized carbons (Fsp3) is 0.462. The Morgan fingerprint density at radius 3 is 2.72 bits per heavy atom. The molecule has 0 aliphatic rings. The van der Waals surface area contributed by atoms with E-state index in [2.05, 4.69) is 29.7 Å². The maximum absolute atomic E-state index is 6.38. The molecule has 0 spiro atoms. The molecule has 0 saturated heterocycles. The van der Waals surface area contributed by atoms with Crippen LogP contribution in [0.2, 0.25) is 5.02 Å². The largest absolute Gasteiger partial charge is 0.348 e. The average molecular weight is 267 g/mol. The van der Waals surface area contributed by atoms with Gasteiger partial charge in [-0.25, -0.2) is 0 Å². The molecule has 5 heteroatoms. The third kappa shape index (κ3) is 2.44. The van der Waals surface area contributed by atoms with Crippen molar-refractivity contribution >= 4 is 11.6 Å². The molecule has 98 valence electrons. The van der Waals surface area contributed by atoms with E-state index in [0.29, 0.717) is 6.54 Å². The Morgan fingerprint density at radius 1 is 1.39 bits per heavy atom. The molecule has 4 nitrogen and oxygen atoms in total. The van der Waals surface area contributed by atoms with Crippen molar-refractivity contribution in [3.8, 4) is 0 Å². The lowest BCUT2D eigenvalue weighted by Gasteiger charge is -2.06. The summed E-state index contributed by atoms with van der Waals surface area (Å²) in [6, 6.07) is 2.03. The second-order valence-corrected chi connectivity index (χ2v) is 4.65. The van der Waals surface area contributed by atoms with Crippen LogP contribution in [0.1, 0.15) is 30.8 Å². The molecule has 0 aliphatic carbocycles. The van der Waals surface area contributed by atoms with Gasteiger partial charge in [-0.15, -0.1) is 0 Å². The van der Waals surface area contributed by atoms with Crippen LogP contribution in [0.25, 0.3) is 0 Å². The van der Waals surface area contributed by atoms with Crippen molar-refractivity contribution in [1.82, 2.24) is 14.3 Å². The van der Waals surface area contributed by atoms with Crippen molar-refractivity contribution in [3.05, 3.63) is 40.4 Å². The number of halogens is 1. The number of aryl methyl sites for hydroxylation is 2. The van der Waals surface area contributed by atoms with Gasteiger partial charge >= 0.3 is 0 Å². The maximum atomic E-state index is 6.38. The highest BCUT2D eigenvalue weighted by atomic mass is 35.5. The Kier molecular flexibility index (Phi) is 4.09. The molecule has 2 aromatic heterocycles. The van der Waals surface area contributed by atoms with E-state index in [0.717, 1.165) is 41.5 Å². The molecule has 2 rings (SSSR count). The van der Waals surface area contributed by atoms with Gasteiger partial charge in [0.2, 0.25) is 0 Å². The molecule has 2 aromatic rings. The summed E-state index contributed by atoms with van der Waals surface area (Å²) in [5.74, 6) is 0. The summed E-state index contributed by atoms with van der Waals surface area (Å²) < 4.78 is 4.07. The van der Waals surface area contributed by atoms with E-state index in [1.807, 2.05) is 16.9 Å². The Hall–Kier alpha value is -1.26. The predicted molar refractivity (Wildman–Crippen MR) is 73.7 cm³/mol. The van der Waals surface area contributed by atoms with Crippen molar-refractivity contribution in [1.29, 1.82) is 0 Å². The Bertz CT molecular complexity index is 527. The highest BCUT2D eigenvalue weighted by Crippen LogP contribution is 2.22. The molecule has 0 unspecified atom stereocenters. The van der Waals surface area contributed by atoms with Crippen LogP contribution < -0.4 is 5.73 Å². The van der Waals surface area contributed by atoms with Crippen molar-refractivity contribution in [2.24, 2.45) is 5.73 Å². The minimum absolute atomic E-state index is 0.563. The van der Waals surface area contributed by atoms with E-state index >= 15 is 0 Å². The third-order valence-electron chi connectivity index (χ3n) is 3.07. The molecular weight excluding hydrogens is 248 g/mol. The summed E-state index contributed by atoms with van der Waals surface area (Å²) in [7, 11) is 0. The fourth-order valence-electron chi connectivity index (χ4n) is 2.05. The Morgan fingerprint density at radius 2 is 2.17 bits per heavy atom. The van der Waals surface area contributed by atoms with Crippen LogP contribution in [0.5, 0.6) is 0 Å². The number of hydrogen-bond donors (Lipinski definition) is 1. The van der Waals surface area contributed by atoms with Crippen LogP contribution in [-0.2, 0) is 26.1 Å². The molecule has 2 N–H and O–H groups in total. The summed E-state index contributed by atoms with van der Waals surface area (Å²) in [4.78, 5) is 0. The smallest absolute Gasteiger partial charge is 0.0868 e. The number of rotatable bonds is 5. The number of nitrogens with zero attached hydrogens (tertiary/aromatic N) is 3. The molecule has 0 amide bonds. The number of aromatic nitrogens is 3. The van der Waals surface area contributed by atoms with Gasteiger partial charge in [-0.2, -0.15) is 5.10 Å². The number of hydrogen-bond acceptors (Lipinski definition) is 2. The molecule has 0 radical (unpaired) electrons. The minimum atomic E-state index is 0.563. The average Bonchev–Trinajstić information content (AvgIpc) is 2.96. The maximum Gasteiger partial charge on any atom is 0.0868 e. The van der Waals surface area contributed by atoms with Gasteiger partial charge in [0, 0.05) is 25.5 Å². The summed E-state index contributed by atoms with van der Waals surface area (Å²) in [5, 5.41) is 5.31. The van der Waals surface area contributed by atoms with E-state index in [9.17, 15) is 0 Å². The summed E-state index contributed by atoms with van der Waals surface area (Å²) in [6.45, 7) is 6.28. The van der Waals surface area contributed by atoms with Gasteiger partial charge in [0.05, 0.1) is 23.0 Å². The highest BCUT2D eigenvalue weighted by Gasteiger charge is 2.14. The first kappa shape index (κ1) is 13.2. The molecule has 0 bridgehead atoms. The Balaban J connectivity index is 2.29. The van der Waals surface area contributed by atoms with Gasteiger partial charge in [-0.3, -0.25) is 4.68 Å². The van der Waals surface area contributed by atoms with E-state index in [1.54, 1.807) is 0 Å². The second kappa shape index (κ2) is 5.59. The fourth-order valence-corrected chi connectivity index (χ4v) is 2.38. The van der Waals surface area contributed by atoms with Crippen LogP contribution in [-0.4, -0.2) is 14.3 Å². The van der Waals surface area contributed by atoms with Crippen molar-refractivity contribution in [2.75, 3.05) is 0 Å². The molecule has 0 aliphatic heterocycles. The number of nitrogens with two attached hydrogens (primary N) is 1. The summed E-state index contributed by atoms with van der Waals surface area (Å²) >= 11 is 6.38. The molecule has 0 fully saturated rings. The monoisotopic (exact) mass is 266 g/mol. The lowest BCUT2D eigenvalue weighted by Crippen LogP contribution is -2.07. The molecular formula is C13H19ClN4. The van der Waals surface area contributed by atoms with Gasteiger partial charge in [0.1, 0.15) is 0 Å². The van der Waals surface area contributed by atoms with Crippen LogP contribution in [0.15, 0.2) is 18.5 Å². The lowest BCUT2D eigenvalue weighted by atomic mass is 10.3. The van der Waals surface area contributed by atoms with E-state index in [1.165, 1.54) is 0 Å². The molecule has 0 aromatic carbocycles. The SMILES string of the molecule is CCc1nn(CC)c(Cn2ccc(CN)c2)c1Cl. The second-order valence-electron chi connectivity index (χ2n) is 4.27. The van der Waals surface area contributed by atoms with Gasteiger partial charge in [-0.05, 0) is 25.0 Å². The van der Waals surface area contributed by atoms with E-state index in [-0.39, 0.29) is 0 Å². The topological polar surface area (TPSA) is 48.8 Å². The zero-order valence-corrected chi connectivity index (χ0v) is 11.6. The zero-order chi connectivity index (χ0) is 13.1. The van der Waals surface area contributed by atoms with Crippen molar-refractivity contribution in [2.45, 2.75) is 39.9 Å². The van der Waals surface area contributed by atoms with Gasteiger partial charge in [0.15, 0.2) is 0 Å². The van der Waals surface area contributed by atoms with Crippen molar-refractivity contribution < 1.29 is 0 Å². The summed E-state index contributed by atoms with van der Waals surface area (Å²) in [5.41, 5.74) is 8.78. The summed E-state index contributed by atoms with van der Waals surface area (Å²) in [6.07, 6.45) is 4.94. The van der Waals surface area contributed by atoms with Crippen LogP contribution in [0.4, 0.5) is 0 Å². The molecule has 2 heterocycles. The standard InChI is InChI=1S/C13H19ClN4/c1-3-11-13(14)12(18(4-2)16-11)9-17-6-5-10(7-15)8-17/h5-6,8H,3-4,7,9,15H2,1-2H3. The third-order valence-corrected chi connectivity index (χ3v) is 3.51. The van der Waals surface area contributed by atoms with Crippen LogP contribution >= 0.6 is 11.6 Å². The first-order valence-corrected chi connectivity index (χ1v) is 6.66. The van der Waals surface area contributed by atoms with Crippen LogP contribution in [0, 0.1) is 0 Å². The Labute approximate surface area is 112 Å². The van der Waals surface area contributed by atoms with Gasteiger partial charge in [-0.1, -0.05) is 18.5 Å². The molecule has 0 saturated carbocycles. The minimum Gasteiger partial charge on any atom is -0.348 e. The first-order valence-electron chi connectivity index (χ1n) is 6.28. The van der Waals surface area contributed by atoms with E-state index in [4.69, 9.17) is 17.3 Å². The van der Waals surface area contributed by atoms with Crippen LogP contribution in [0.3, 0.4) is 0 Å². The highest BCUT2D eigenvalue weighted by molar-refractivity contribution is 6.31. The van der Waals surface area contributed by atoms with Crippen molar-refractivity contribution in [3.63, 3.8) is 0 Å². The molecule has 18 heavy (non-hydrogen) atoms. The molecule has 0 atom stereocenters. The normalized spacial score (nSPS) is 11.1. The van der Waals surface area contributed by atoms with Gasteiger partial charge < -0.3 is 10.3 Å². The predicted octanol–water partition coefficient (Wildman–Crippen LogP) is 2.43. The lowest BCUT2D eigenvalue weighted by molar-refractivity contribution is 0.595.